The molecule has 0 atom stereocenters. The van der Waals surface area contributed by atoms with Crippen LogP contribution in [0.4, 0.5) is 0 Å². The van der Waals surface area contributed by atoms with E-state index in [-0.39, 0.29) is 0 Å². The van der Waals surface area contributed by atoms with Crippen LogP contribution in [0.1, 0.15) is 10.4 Å². The number of aromatic nitrogens is 2. The summed E-state index contributed by atoms with van der Waals surface area (Å²) in [6.07, 6.45) is 1.03. The molecule has 0 saturated heterocycles. The van der Waals surface area contributed by atoms with Crippen LogP contribution in [0, 0.1) is 11.7 Å². The predicted octanol–water partition coefficient (Wildman–Crippen LogP) is 4.31. The Morgan fingerprint density at radius 1 is 1.33 bits per heavy atom. The van der Waals surface area contributed by atoms with Crippen molar-refractivity contribution in [3.63, 3.8) is 0 Å². The number of hydrogen-bond donors (Lipinski definition) is 1. The van der Waals surface area contributed by atoms with Crippen molar-refractivity contribution in [1.82, 2.24) is 9.55 Å². The van der Waals surface area contributed by atoms with Gasteiger partial charge < -0.3 is 9.55 Å². The quantitative estimate of drug-likeness (QED) is 0.706. The van der Waals surface area contributed by atoms with Gasteiger partial charge in [-0.15, -0.1) is 11.3 Å². The van der Waals surface area contributed by atoms with Crippen LogP contribution in [0.2, 0.25) is 0 Å². The number of H-pyrrole nitrogens is 1. The highest BCUT2D eigenvalue weighted by Gasteiger charge is 2.04. The number of thiophene rings is 1. The Bertz CT molecular complexity index is 720. The molecule has 0 amide bonds. The van der Waals surface area contributed by atoms with Crippen LogP contribution in [-0.2, 0) is 13.0 Å². The monoisotopic (exact) mass is 274 g/mol. The molecular formula is C14H14N2S2. The van der Waals surface area contributed by atoms with Crippen LogP contribution in [-0.4, -0.2) is 9.55 Å². The first-order chi connectivity index (χ1) is 8.74. The maximum Gasteiger partial charge on any atom is 0.178 e. The van der Waals surface area contributed by atoms with Gasteiger partial charge in [-0.05, 0) is 54.7 Å². The third-order valence-electron chi connectivity index (χ3n) is 3.09. The number of fused-ring (bicyclic) bond motifs is 1. The van der Waals surface area contributed by atoms with Crippen molar-refractivity contribution in [2.75, 3.05) is 0 Å². The van der Waals surface area contributed by atoms with Gasteiger partial charge in [-0.2, -0.15) is 0 Å². The maximum atomic E-state index is 5.40. The highest BCUT2D eigenvalue weighted by molar-refractivity contribution is 7.71. The molecule has 0 bridgehead atoms. The van der Waals surface area contributed by atoms with Crippen molar-refractivity contribution in [3.05, 3.63) is 50.9 Å². The fraction of sp³-hybridized carbons (Fsp3) is 0.214. The van der Waals surface area contributed by atoms with E-state index in [0.29, 0.717) is 0 Å². The number of aryl methyl sites for hydroxylation is 3. The zero-order valence-electron chi connectivity index (χ0n) is 10.1. The average Bonchev–Trinajstić information content (AvgIpc) is 2.93. The minimum Gasteiger partial charge on any atom is -0.331 e. The second-order valence-electron chi connectivity index (χ2n) is 4.43. The van der Waals surface area contributed by atoms with Crippen LogP contribution < -0.4 is 0 Å². The third-order valence-corrected chi connectivity index (χ3v) is 4.35. The van der Waals surface area contributed by atoms with E-state index >= 15 is 0 Å². The van der Waals surface area contributed by atoms with Crippen molar-refractivity contribution >= 4 is 34.6 Å². The number of rotatable bonds is 3. The summed E-state index contributed by atoms with van der Waals surface area (Å²) in [6, 6.07) is 10.7. The zero-order valence-corrected chi connectivity index (χ0v) is 11.8. The molecule has 0 radical (unpaired) electrons. The van der Waals surface area contributed by atoms with E-state index in [2.05, 4.69) is 52.2 Å². The smallest absolute Gasteiger partial charge is 0.178 e. The van der Waals surface area contributed by atoms with Crippen LogP contribution in [0.25, 0.3) is 11.0 Å². The third kappa shape index (κ3) is 2.13. The molecule has 0 aliphatic carbocycles. The first kappa shape index (κ1) is 11.7. The van der Waals surface area contributed by atoms with Crippen LogP contribution in [0.15, 0.2) is 35.7 Å². The highest BCUT2D eigenvalue weighted by Crippen LogP contribution is 2.17. The van der Waals surface area contributed by atoms with E-state index in [1.807, 2.05) is 0 Å². The normalized spacial score (nSPS) is 11.2. The van der Waals surface area contributed by atoms with Gasteiger partial charge in [0, 0.05) is 11.4 Å². The molecule has 0 saturated carbocycles. The second kappa shape index (κ2) is 4.71. The molecule has 3 aromatic rings. The Kier molecular flexibility index (Phi) is 3.06. The molecule has 3 rings (SSSR count). The lowest BCUT2D eigenvalue weighted by molar-refractivity contribution is 0.712. The summed E-state index contributed by atoms with van der Waals surface area (Å²) in [5.74, 6) is 0. The first-order valence-corrected chi connectivity index (χ1v) is 7.24. The summed E-state index contributed by atoms with van der Waals surface area (Å²) >= 11 is 7.20. The van der Waals surface area contributed by atoms with Gasteiger partial charge in [0.25, 0.3) is 0 Å². The van der Waals surface area contributed by atoms with E-state index in [1.54, 1.807) is 11.3 Å². The Hall–Kier alpha value is -1.39. The molecule has 0 aliphatic rings. The summed E-state index contributed by atoms with van der Waals surface area (Å²) in [5.41, 5.74) is 3.58. The number of nitrogens with zero attached hydrogens (tertiary/aromatic N) is 1. The molecule has 1 N–H and O–H groups in total. The molecule has 0 spiro atoms. The zero-order chi connectivity index (χ0) is 12.5. The molecule has 0 fully saturated rings. The molecule has 92 valence electrons. The molecule has 18 heavy (non-hydrogen) atoms. The van der Waals surface area contributed by atoms with Gasteiger partial charge in [0.1, 0.15) is 0 Å². The SMILES string of the molecule is Cc1ccc2c(c1)[nH]c(=S)n2CCc1cccs1. The minimum atomic E-state index is 0.812. The molecule has 0 unspecified atom stereocenters. The fourth-order valence-corrected chi connectivity index (χ4v) is 3.17. The topological polar surface area (TPSA) is 20.7 Å². The van der Waals surface area contributed by atoms with E-state index in [0.717, 1.165) is 23.3 Å². The Morgan fingerprint density at radius 2 is 2.22 bits per heavy atom. The van der Waals surface area contributed by atoms with Crippen LogP contribution in [0.5, 0.6) is 0 Å². The fourth-order valence-electron chi connectivity index (χ4n) is 2.18. The minimum absolute atomic E-state index is 0.812. The molecule has 2 heterocycles. The van der Waals surface area contributed by atoms with Gasteiger partial charge in [0.15, 0.2) is 4.77 Å². The Labute approximate surface area is 115 Å². The number of hydrogen-bond acceptors (Lipinski definition) is 2. The number of imidazole rings is 1. The number of benzene rings is 1. The number of nitrogens with one attached hydrogen (secondary N) is 1. The first-order valence-electron chi connectivity index (χ1n) is 5.95. The molecule has 2 aromatic heterocycles. The highest BCUT2D eigenvalue weighted by atomic mass is 32.1. The predicted molar refractivity (Wildman–Crippen MR) is 79.9 cm³/mol. The molecule has 1 aromatic carbocycles. The Balaban J connectivity index is 1.96. The molecule has 2 nitrogen and oxygen atoms in total. The van der Waals surface area contributed by atoms with Crippen molar-refractivity contribution in [1.29, 1.82) is 0 Å². The Morgan fingerprint density at radius 3 is 3.00 bits per heavy atom. The lowest BCUT2D eigenvalue weighted by atomic mass is 10.2. The van der Waals surface area contributed by atoms with Gasteiger partial charge >= 0.3 is 0 Å². The van der Waals surface area contributed by atoms with Gasteiger partial charge in [-0.3, -0.25) is 0 Å². The van der Waals surface area contributed by atoms with E-state index in [4.69, 9.17) is 12.2 Å². The molecule has 0 aliphatic heterocycles. The average molecular weight is 274 g/mol. The van der Waals surface area contributed by atoms with Crippen molar-refractivity contribution in [2.45, 2.75) is 19.9 Å². The van der Waals surface area contributed by atoms with Crippen LogP contribution in [0.3, 0.4) is 0 Å². The largest absolute Gasteiger partial charge is 0.331 e. The summed E-state index contributed by atoms with van der Waals surface area (Å²) in [5, 5.41) is 2.12. The van der Waals surface area contributed by atoms with E-state index in [1.165, 1.54) is 16.0 Å². The van der Waals surface area contributed by atoms with Crippen LogP contribution >= 0.6 is 23.6 Å². The van der Waals surface area contributed by atoms with Gasteiger partial charge in [0.05, 0.1) is 11.0 Å². The van der Waals surface area contributed by atoms with Crippen molar-refractivity contribution < 1.29 is 0 Å². The van der Waals surface area contributed by atoms with E-state index < -0.39 is 0 Å². The summed E-state index contributed by atoms with van der Waals surface area (Å²) in [6.45, 7) is 3.03. The maximum absolute atomic E-state index is 5.40. The summed E-state index contributed by atoms with van der Waals surface area (Å²) < 4.78 is 3.00. The van der Waals surface area contributed by atoms with Gasteiger partial charge in [0.2, 0.25) is 0 Å². The van der Waals surface area contributed by atoms with Crippen molar-refractivity contribution in [3.8, 4) is 0 Å². The summed E-state index contributed by atoms with van der Waals surface area (Å²) in [7, 11) is 0. The van der Waals surface area contributed by atoms with Gasteiger partial charge in [-0.25, -0.2) is 0 Å². The standard InChI is InChI=1S/C14H14N2S2/c1-10-4-5-13-12(9-10)15-14(17)16(13)7-6-11-3-2-8-18-11/h2-5,8-9H,6-7H2,1H3,(H,15,17). The lowest BCUT2D eigenvalue weighted by Crippen LogP contribution is -2.00. The van der Waals surface area contributed by atoms with Crippen molar-refractivity contribution in [2.24, 2.45) is 0 Å². The molecular weight excluding hydrogens is 260 g/mol. The molecule has 4 heteroatoms. The summed E-state index contributed by atoms with van der Waals surface area (Å²) in [4.78, 5) is 4.68. The lowest BCUT2D eigenvalue weighted by Gasteiger charge is -2.03. The number of aromatic amines is 1. The van der Waals surface area contributed by atoms with Gasteiger partial charge in [-0.1, -0.05) is 12.1 Å². The van der Waals surface area contributed by atoms with E-state index in [9.17, 15) is 0 Å². The second-order valence-corrected chi connectivity index (χ2v) is 5.85.